The molecular formula is C44H51N5O8S. The van der Waals surface area contributed by atoms with Crippen LogP contribution in [0, 0.1) is 18.3 Å². The van der Waals surface area contributed by atoms with Crippen molar-refractivity contribution in [1.29, 1.82) is 0 Å². The lowest BCUT2D eigenvalue weighted by Gasteiger charge is -2.34. The number of nitrogens with zero attached hydrogens (tertiary/aromatic N) is 2. The molecule has 0 spiro atoms. The van der Waals surface area contributed by atoms with E-state index in [1.54, 1.807) is 0 Å². The van der Waals surface area contributed by atoms with E-state index in [4.69, 9.17) is 21.2 Å². The molecule has 8 rings (SSSR count). The van der Waals surface area contributed by atoms with Gasteiger partial charge in [-0.1, -0.05) is 78.7 Å². The summed E-state index contributed by atoms with van der Waals surface area (Å²) in [7, 11) is -3.92. The molecule has 4 unspecified atom stereocenters. The van der Waals surface area contributed by atoms with Crippen molar-refractivity contribution in [2.75, 3.05) is 0 Å². The number of nitrogens with one attached hydrogen (secondary N) is 3. The summed E-state index contributed by atoms with van der Waals surface area (Å²) in [6.07, 6.45) is 16.2. The largest absolute Gasteiger partial charge is 0.446 e. The van der Waals surface area contributed by atoms with Gasteiger partial charge in [-0.3, -0.25) is 19.1 Å². The second-order valence-electron chi connectivity index (χ2n) is 16.5. The van der Waals surface area contributed by atoms with Crippen molar-refractivity contribution < 1.29 is 37.2 Å². The van der Waals surface area contributed by atoms with E-state index in [2.05, 4.69) is 21.3 Å². The van der Waals surface area contributed by atoms with Crippen molar-refractivity contribution in [3.8, 4) is 23.5 Å². The summed E-state index contributed by atoms with van der Waals surface area (Å²) in [5, 5.41) is 9.87. The quantitative estimate of drug-likeness (QED) is 0.150. The lowest BCUT2D eigenvalue weighted by molar-refractivity contribution is -0.143. The third-order valence-corrected chi connectivity index (χ3v) is 14.3. The summed E-state index contributed by atoms with van der Waals surface area (Å²) in [6.45, 7) is 0. The number of fused-ring (bicyclic) bond motifs is 5. The van der Waals surface area contributed by atoms with Gasteiger partial charge in [0.05, 0.1) is 11.3 Å². The molecule has 13 nitrogen and oxygen atoms in total. The van der Waals surface area contributed by atoms with Crippen LogP contribution < -0.4 is 15.4 Å². The highest BCUT2D eigenvalue weighted by atomic mass is 32.2. The van der Waals surface area contributed by atoms with E-state index in [0.29, 0.717) is 37.8 Å². The van der Waals surface area contributed by atoms with Crippen LogP contribution in [0.15, 0.2) is 65.8 Å². The molecule has 4 fully saturated rings. The number of carbonyl (C=O) groups excluding carboxylic acids is 4. The Hall–Kier alpha value is -5.16. The van der Waals surface area contributed by atoms with E-state index in [1.165, 1.54) is 4.90 Å². The van der Waals surface area contributed by atoms with Gasteiger partial charge in [-0.15, -0.1) is 12.3 Å². The Labute approximate surface area is 339 Å². The van der Waals surface area contributed by atoms with Crippen molar-refractivity contribution >= 4 is 39.5 Å². The zero-order chi connectivity index (χ0) is 40.4. The SMILES string of the molecule is C#CCC[C@H]1[C@H](ON=C2c3ccccc3-c3ccccc32)CC2C(=O)NC3(C(=O)NS(=O)(=O)C4CC4)CC3/C=C\CCCCCC(NC(=O)OC3CCCC3)C(=O)N21. The lowest BCUT2D eigenvalue weighted by Crippen LogP contribution is -2.59. The Kier molecular flexibility index (Phi) is 11.4. The maximum Gasteiger partial charge on any atom is 0.408 e. The number of sulfonamides is 1. The number of alkyl carbamates (subject to hydrolysis) is 1. The number of amides is 4. The van der Waals surface area contributed by atoms with Gasteiger partial charge in [-0.2, -0.15) is 0 Å². The molecule has 3 saturated carbocycles. The maximum absolute atomic E-state index is 15.0. The zero-order valence-corrected chi connectivity index (χ0v) is 33.4. The molecule has 0 aromatic heterocycles. The minimum Gasteiger partial charge on any atom is -0.446 e. The lowest BCUT2D eigenvalue weighted by atomic mass is 10.0. The van der Waals surface area contributed by atoms with Crippen molar-refractivity contribution in [3.05, 3.63) is 71.8 Å². The molecule has 0 bridgehead atoms. The summed E-state index contributed by atoms with van der Waals surface area (Å²) < 4.78 is 33.9. The Bertz CT molecular complexity index is 2110. The number of terminal acetylenes is 1. The number of oxime groups is 1. The molecule has 58 heavy (non-hydrogen) atoms. The summed E-state index contributed by atoms with van der Waals surface area (Å²) in [5.41, 5.74) is 2.89. The third kappa shape index (κ3) is 8.10. The molecule has 4 amide bonds. The van der Waals surface area contributed by atoms with E-state index < -0.39 is 74.8 Å². The molecule has 2 aliphatic heterocycles. The van der Waals surface area contributed by atoms with Gasteiger partial charge in [0, 0.05) is 29.9 Å². The standard InChI is InChI=1S/C44H51N5O8S/c1-2-3-23-36-38(57-47-39-33-20-13-11-18-31(33)32-19-12-14-21-34(32)39)26-37-40(50)46-44(42(52)48-58(54,55)30-24-25-30)27-28(44)15-7-5-4-6-8-22-35(41(51)49(36)37)45-43(53)56-29-16-9-10-17-29/h1,7,11-15,18-21,28-30,35-38H,3-6,8-10,16-17,22-27H2,(H,45,53)(H,46,50)(H,48,52)/b15-7-/t28?,35?,36-,37?,38+,44?/m0/s1. The van der Waals surface area contributed by atoms with Gasteiger partial charge in [-0.25, -0.2) is 13.2 Å². The van der Waals surface area contributed by atoms with Crippen molar-refractivity contribution in [2.24, 2.45) is 11.1 Å². The van der Waals surface area contributed by atoms with E-state index in [9.17, 15) is 22.8 Å². The molecule has 1 saturated heterocycles. The van der Waals surface area contributed by atoms with Crippen molar-refractivity contribution in [1.82, 2.24) is 20.3 Å². The zero-order valence-electron chi connectivity index (χ0n) is 32.6. The molecule has 14 heteroatoms. The van der Waals surface area contributed by atoms with Crippen molar-refractivity contribution in [2.45, 2.75) is 137 Å². The van der Waals surface area contributed by atoms with Crippen molar-refractivity contribution in [3.63, 3.8) is 0 Å². The number of hydrogen-bond acceptors (Lipinski definition) is 9. The predicted molar refractivity (Wildman–Crippen MR) is 216 cm³/mol. The summed E-state index contributed by atoms with van der Waals surface area (Å²) in [5.74, 6) is 0.307. The first-order chi connectivity index (χ1) is 28.1. The predicted octanol–water partition coefficient (Wildman–Crippen LogP) is 5.23. The van der Waals surface area contributed by atoms with Crippen LogP contribution >= 0.6 is 0 Å². The van der Waals surface area contributed by atoms with Gasteiger partial charge >= 0.3 is 6.09 Å². The second kappa shape index (κ2) is 16.6. The fraction of sp³-hybridized carbons (Fsp3) is 0.523. The van der Waals surface area contributed by atoms with Crippen LogP contribution in [0.25, 0.3) is 11.1 Å². The van der Waals surface area contributed by atoms with Crippen LogP contribution in [0.2, 0.25) is 0 Å². The monoisotopic (exact) mass is 809 g/mol. The molecule has 2 aromatic rings. The molecule has 306 valence electrons. The minimum absolute atomic E-state index is 0.00467. The number of ether oxygens (including phenoxy) is 1. The topological polar surface area (TPSA) is 173 Å². The van der Waals surface area contributed by atoms with Gasteiger partial charge < -0.3 is 25.1 Å². The normalized spacial score (nSPS) is 28.9. The molecule has 3 N–H and O–H groups in total. The van der Waals surface area contributed by atoms with E-state index in [-0.39, 0.29) is 31.8 Å². The van der Waals surface area contributed by atoms with Gasteiger partial charge in [0.15, 0.2) is 0 Å². The summed E-state index contributed by atoms with van der Waals surface area (Å²) in [4.78, 5) is 64.9. The van der Waals surface area contributed by atoms with Gasteiger partial charge in [0.2, 0.25) is 21.8 Å². The van der Waals surface area contributed by atoms with Gasteiger partial charge in [-0.05, 0) is 81.8 Å². The average molecular weight is 810 g/mol. The molecule has 0 radical (unpaired) electrons. The Morgan fingerprint density at radius 3 is 2.28 bits per heavy atom. The Morgan fingerprint density at radius 1 is 0.931 bits per heavy atom. The van der Waals surface area contributed by atoms with Crippen LogP contribution in [0.5, 0.6) is 0 Å². The first-order valence-electron chi connectivity index (χ1n) is 20.8. The molecule has 2 aromatic carbocycles. The van der Waals surface area contributed by atoms with Crippen LogP contribution in [-0.2, 0) is 34.0 Å². The molecule has 2 heterocycles. The van der Waals surface area contributed by atoms with Crippen LogP contribution in [0.4, 0.5) is 4.79 Å². The summed E-state index contributed by atoms with van der Waals surface area (Å²) in [6, 6.07) is 12.8. The number of allylic oxidation sites excluding steroid dienone is 1. The fourth-order valence-electron chi connectivity index (χ4n) is 9.12. The highest BCUT2D eigenvalue weighted by Gasteiger charge is 2.62. The number of rotatable bonds is 9. The highest BCUT2D eigenvalue weighted by molar-refractivity contribution is 7.91. The fourth-order valence-corrected chi connectivity index (χ4v) is 10.5. The molecule has 6 aliphatic rings. The van der Waals surface area contributed by atoms with E-state index in [1.807, 2.05) is 60.7 Å². The number of carbonyl (C=O) groups is 4. The smallest absolute Gasteiger partial charge is 0.408 e. The third-order valence-electron chi connectivity index (χ3n) is 12.5. The number of hydrogen-bond donors (Lipinski definition) is 3. The Balaban J connectivity index is 1.14. The van der Waals surface area contributed by atoms with Crippen LogP contribution in [0.1, 0.15) is 107 Å². The van der Waals surface area contributed by atoms with Gasteiger partial charge in [0.25, 0.3) is 5.91 Å². The van der Waals surface area contributed by atoms with Crippen LogP contribution in [0.3, 0.4) is 0 Å². The Morgan fingerprint density at radius 2 is 1.60 bits per heavy atom. The molecule has 4 aliphatic carbocycles. The molecular weight excluding hydrogens is 759 g/mol. The minimum atomic E-state index is -3.92. The first-order valence-corrected chi connectivity index (χ1v) is 22.3. The highest BCUT2D eigenvalue weighted by Crippen LogP contribution is 2.46. The average Bonchev–Trinajstić information content (AvgIpc) is 4.06. The van der Waals surface area contributed by atoms with E-state index in [0.717, 1.165) is 60.8 Å². The number of benzene rings is 2. The second-order valence-corrected chi connectivity index (χ2v) is 18.5. The first kappa shape index (κ1) is 39.7. The summed E-state index contributed by atoms with van der Waals surface area (Å²) >= 11 is 0. The van der Waals surface area contributed by atoms with Gasteiger partial charge in [0.1, 0.15) is 35.5 Å². The van der Waals surface area contributed by atoms with Crippen LogP contribution in [-0.4, -0.2) is 84.0 Å². The molecule has 6 atom stereocenters. The maximum atomic E-state index is 15.0. The van der Waals surface area contributed by atoms with E-state index >= 15 is 4.79 Å².